The van der Waals surface area contributed by atoms with Crippen molar-refractivity contribution in [3.63, 3.8) is 0 Å². The van der Waals surface area contributed by atoms with Gasteiger partial charge in [0.15, 0.2) is 6.29 Å². The highest BCUT2D eigenvalue weighted by atomic mass is 32.3. The monoisotopic (exact) mass is 922 g/mol. The molecule has 7 atom stereocenters. The van der Waals surface area contributed by atoms with E-state index in [1.807, 2.05) is 0 Å². The minimum atomic E-state index is -5.07. The number of ether oxygens (including phenoxy) is 2. The molecule has 6 N–H and O–H groups in total. The molecule has 1 saturated heterocycles. The third-order valence-corrected chi connectivity index (χ3v) is 13.4. The summed E-state index contributed by atoms with van der Waals surface area (Å²) >= 11 is 0. The van der Waals surface area contributed by atoms with Gasteiger partial charge in [0.1, 0.15) is 24.4 Å². The zero-order chi connectivity index (χ0) is 46.2. The van der Waals surface area contributed by atoms with Gasteiger partial charge in [-0.3, -0.25) is 9.35 Å². The molecule has 0 bridgehead atoms. The van der Waals surface area contributed by atoms with E-state index in [1.54, 1.807) is 0 Å². The summed E-state index contributed by atoms with van der Waals surface area (Å²) in [6.07, 6.45) is 36.7. The minimum absolute atomic E-state index is 0.224. The molecule has 0 aliphatic carbocycles. The van der Waals surface area contributed by atoms with Gasteiger partial charge >= 0.3 is 10.4 Å². The summed E-state index contributed by atoms with van der Waals surface area (Å²) in [6.45, 7) is 3.49. The lowest BCUT2D eigenvalue weighted by atomic mass is 9.99. The Labute approximate surface area is 386 Å². The van der Waals surface area contributed by atoms with Crippen LogP contribution in [0.1, 0.15) is 258 Å². The van der Waals surface area contributed by atoms with Gasteiger partial charge in [0.2, 0.25) is 5.91 Å². The van der Waals surface area contributed by atoms with Crippen LogP contribution in [0.25, 0.3) is 0 Å². The van der Waals surface area contributed by atoms with E-state index in [0.29, 0.717) is 12.8 Å². The molecular weight excluding hydrogens is 823 g/mol. The second kappa shape index (κ2) is 41.3. The SMILES string of the molecule is CCCCCCCCCCCCCCCCCCCCC(=O)NC(COC1OC(CO)C(O)C(OS(=O)(=O)O)C1O)C(O)CCCCCCCCCCCCCCCCCCCC. The molecule has 63 heavy (non-hydrogen) atoms. The minimum Gasteiger partial charge on any atom is -0.394 e. The fourth-order valence-corrected chi connectivity index (χ4v) is 9.32. The first-order chi connectivity index (χ1) is 30.5. The molecule has 0 saturated carbocycles. The maximum atomic E-state index is 13.1. The molecule has 1 fully saturated rings. The molecule has 12 nitrogen and oxygen atoms in total. The van der Waals surface area contributed by atoms with Gasteiger partial charge in [-0.15, -0.1) is 0 Å². The van der Waals surface area contributed by atoms with E-state index < -0.39 is 59.9 Å². The van der Waals surface area contributed by atoms with Crippen molar-refractivity contribution in [2.75, 3.05) is 13.2 Å². The maximum Gasteiger partial charge on any atom is 0.397 e. The van der Waals surface area contributed by atoms with Gasteiger partial charge < -0.3 is 35.2 Å². The molecule has 0 aromatic heterocycles. The summed E-state index contributed by atoms with van der Waals surface area (Å²) in [6, 6.07) is -0.852. The van der Waals surface area contributed by atoms with E-state index in [1.165, 1.54) is 180 Å². The second-order valence-corrected chi connectivity index (χ2v) is 19.9. The molecule has 1 aliphatic heterocycles. The average Bonchev–Trinajstić information content (AvgIpc) is 3.25. The van der Waals surface area contributed by atoms with Gasteiger partial charge in [-0.1, -0.05) is 239 Å². The number of aliphatic hydroxyl groups is 4. The highest BCUT2D eigenvalue weighted by Gasteiger charge is 2.48. The van der Waals surface area contributed by atoms with Crippen LogP contribution in [0.4, 0.5) is 0 Å². The normalized spacial score (nSPS) is 20.3. The van der Waals surface area contributed by atoms with Crippen LogP contribution in [-0.2, 0) is 28.9 Å². The molecule has 1 aliphatic rings. The van der Waals surface area contributed by atoms with Gasteiger partial charge in [-0.2, -0.15) is 8.42 Å². The van der Waals surface area contributed by atoms with Crippen molar-refractivity contribution < 1.29 is 51.8 Å². The summed E-state index contributed by atoms with van der Waals surface area (Å²) in [5.74, 6) is -0.224. The number of amides is 1. The molecule has 376 valence electrons. The predicted octanol–water partition coefficient (Wildman–Crippen LogP) is 11.3. The Hall–Kier alpha value is -0.900. The average molecular weight is 922 g/mol. The Morgan fingerprint density at radius 2 is 0.921 bits per heavy atom. The highest BCUT2D eigenvalue weighted by molar-refractivity contribution is 7.80. The molecule has 7 unspecified atom stereocenters. The number of aliphatic hydroxyl groups excluding tert-OH is 4. The predicted molar refractivity (Wildman–Crippen MR) is 255 cm³/mol. The fraction of sp³-hybridized carbons (Fsp3) is 0.980. The number of hydrogen-bond acceptors (Lipinski definition) is 10. The number of unbranched alkanes of at least 4 members (excludes halogenated alkanes) is 34. The smallest absolute Gasteiger partial charge is 0.394 e. The largest absolute Gasteiger partial charge is 0.397 e. The Morgan fingerprint density at radius 1 is 0.571 bits per heavy atom. The van der Waals surface area contributed by atoms with E-state index in [2.05, 4.69) is 23.3 Å². The van der Waals surface area contributed by atoms with E-state index in [4.69, 9.17) is 9.47 Å². The van der Waals surface area contributed by atoms with Crippen molar-refractivity contribution in [2.24, 2.45) is 0 Å². The van der Waals surface area contributed by atoms with E-state index in [9.17, 15) is 38.2 Å². The lowest BCUT2D eigenvalue weighted by molar-refractivity contribution is -0.298. The van der Waals surface area contributed by atoms with Crippen LogP contribution in [0.5, 0.6) is 0 Å². The first kappa shape index (κ1) is 60.1. The molecule has 1 heterocycles. The van der Waals surface area contributed by atoms with Crippen LogP contribution < -0.4 is 5.32 Å². The number of rotatable bonds is 46. The molecule has 13 heteroatoms. The molecule has 0 aromatic carbocycles. The van der Waals surface area contributed by atoms with Crippen LogP contribution in [0.2, 0.25) is 0 Å². The second-order valence-electron chi connectivity index (χ2n) is 18.8. The number of carbonyl (C=O) groups excluding carboxylic acids is 1. The lowest BCUT2D eigenvalue weighted by Crippen LogP contribution is -2.61. The Balaban J connectivity index is 2.41. The first-order valence-corrected chi connectivity index (χ1v) is 27.8. The fourth-order valence-electron chi connectivity index (χ4n) is 8.81. The van der Waals surface area contributed by atoms with Gasteiger partial charge in [0.05, 0.1) is 25.4 Å². The lowest BCUT2D eigenvalue weighted by Gasteiger charge is -2.41. The van der Waals surface area contributed by atoms with Crippen molar-refractivity contribution in [3.8, 4) is 0 Å². The van der Waals surface area contributed by atoms with Crippen molar-refractivity contribution in [2.45, 2.75) is 301 Å². The first-order valence-electron chi connectivity index (χ1n) is 26.4. The molecule has 1 rings (SSSR count). The van der Waals surface area contributed by atoms with Crippen LogP contribution in [0.3, 0.4) is 0 Å². The Morgan fingerprint density at radius 3 is 1.27 bits per heavy atom. The quantitative estimate of drug-likeness (QED) is 0.0251. The van der Waals surface area contributed by atoms with Crippen molar-refractivity contribution >= 4 is 16.3 Å². The van der Waals surface area contributed by atoms with Crippen molar-refractivity contribution in [1.82, 2.24) is 5.32 Å². The summed E-state index contributed by atoms with van der Waals surface area (Å²) in [5.41, 5.74) is 0. The van der Waals surface area contributed by atoms with Crippen LogP contribution in [0, 0.1) is 0 Å². The van der Waals surface area contributed by atoms with Gasteiger partial charge in [0, 0.05) is 6.42 Å². The van der Waals surface area contributed by atoms with Crippen LogP contribution >= 0.6 is 0 Å². The number of hydrogen-bond donors (Lipinski definition) is 6. The van der Waals surface area contributed by atoms with E-state index >= 15 is 0 Å². The standard InChI is InChI=1S/C50H99NO11S/c1-3-5-7-9-11-13-15-17-19-21-23-25-27-29-31-33-35-37-39-44(53)43(42-60-50-48(56)49(62-63(57,58)59)47(55)45(41-52)61-50)51-46(54)40-38-36-34-32-30-28-26-24-22-20-18-16-14-12-10-8-6-4-2/h43-45,47-50,52-53,55-56H,3-42H2,1-2H3,(H,51,54)(H,57,58,59). The maximum absolute atomic E-state index is 13.1. The van der Waals surface area contributed by atoms with Gasteiger partial charge in [-0.25, -0.2) is 4.18 Å². The molecule has 0 radical (unpaired) electrons. The van der Waals surface area contributed by atoms with Crippen LogP contribution in [0.15, 0.2) is 0 Å². The summed E-state index contributed by atoms with van der Waals surface area (Å²) in [4.78, 5) is 13.1. The van der Waals surface area contributed by atoms with Gasteiger partial charge in [-0.05, 0) is 12.8 Å². The highest BCUT2D eigenvalue weighted by Crippen LogP contribution is 2.26. The van der Waals surface area contributed by atoms with Gasteiger partial charge in [0.25, 0.3) is 0 Å². The Bertz CT molecular complexity index is 1130. The molecule has 0 aromatic rings. The van der Waals surface area contributed by atoms with Crippen LogP contribution in [-0.4, -0.2) is 95.4 Å². The van der Waals surface area contributed by atoms with E-state index in [-0.39, 0.29) is 12.5 Å². The van der Waals surface area contributed by atoms with E-state index in [0.717, 1.165) is 51.4 Å². The zero-order valence-electron chi connectivity index (χ0n) is 40.4. The summed E-state index contributed by atoms with van der Waals surface area (Å²) in [7, 11) is -5.07. The van der Waals surface area contributed by atoms with Crippen molar-refractivity contribution in [1.29, 1.82) is 0 Å². The number of nitrogens with one attached hydrogen (secondary N) is 1. The molecule has 1 amide bonds. The third kappa shape index (κ3) is 34.1. The third-order valence-electron chi connectivity index (χ3n) is 12.9. The zero-order valence-corrected chi connectivity index (χ0v) is 41.2. The molecular formula is C50H99NO11S. The molecule has 0 spiro atoms. The topological polar surface area (TPSA) is 192 Å². The summed E-state index contributed by atoms with van der Waals surface area (Å²) < 4.78 is 47.8. The summed E-state index contributed by atoms with van der Waals surface area (Å²) in [5, 5.41) is 45.0. The Kier molecular flexibility index (Phi) is 39.4. The number of carbonyl (C=O) groups is 1. The van der Waals surface area contributed by atoms with Crippen molar-refractivity contribution in [3.05, 3.63) is 0 Å².